The van der Waals surface area contributed by atoms with E-state index >= 15 is 0 Å². The number of rotatable bonds is 4. The first-order valence-corrected chi connectivity index (χ1v) is 8.82. The minimum atomic E-state index is -0.254. The van der Waals surface area contributed by atoms with Crippen LogP contribution in [0.5, 0.6) is 5.75 Å². The molecule has 1 fully saturated rings. The topological polar surface area (TPSA) is 78.8 Å². The number of aromatic hydroxyl groups is 1. The number of piperazine rings is 1. The van der Waals surface area contributed by atoms with Gasteiger partial charge in [-0.05, 0) is 24.1 Å². The molecule has 0 saturated carbocycles. The molecule has 1 saturated heterocycles. The monoisotopic (exact) mass is 356 g/mol. The van der Waals surface area contributed by atoms with Crippen molar-refractivity contribution < 1.29 is 14.6 Å². The van der Waals surface area contributed by atoms with Crippen molar-refractivity contribution >= 4 is 11.9 Å². The van der Waals surface area contributed by atoms with Gasteiger partial charge in [-0.3, -0.25) is 0 Å². The number of carbonyl (C=O) groups excluding carboxylic acids is 1. The van der Waals surface area contributed by atoms with Gasteiger partial charge in [0.25, 0.3) is 0 Å². The van der Waals surface area contributed by atoms with Crippen molar-refractivity contribution in [3.8, 4) is 17.1 Å². The standard InChI is InChI=1S/C19H24N4O3/c1-14(2)13-26-19(25)23-11-9-22(10-12-23)17-7-8-20-18(21-17)15-5-3-4-6-16(15)24/h3-8,14,24H,9-13H2,1-2H3. The van der Waals surface area contributed by atoms with Crippen molar-refractivity contribution in [1.82, 2.24) is 14.9 Å². The van der Waals surface area contributed by atoms with Gasteiger partial charge in [-0.15, -0.1) is 0 Å². The normalized spacial score (nSPS) is 14.6. The Labute approximate surface area is 153 Å². The van der Waals surface area contributed by atoms with Crippen LogP contribution in [0.2, 0.25) is 0 Å². The number of hydrogen-bond donors (Lipinski definition) is 1. The molecule has 2 aromatic rings. The first-order chi connectivity index (χ1) is 12.5. The molecule has 7 nitrogen and oxygen atoms in total. The maximum Gasteiger partial charge on any atom is 0.409 e. The summed E-state index contributed by atoms with van der Waals surface area (Å²) in [4.78, 5) is 24.7. The van der Waals surface area contributed by atoms with E-state index in [0.717, 1.165) is 5.82 Å². The molecule has 0 atom stereocenters. The zero-order valence-electron chi connectivity index (χ0n) is 15.1. The minimum absolute atomic E-state index is 0.155. The van der Waals surface area contributed by atoms with Gasteiger partial charge in [-0.1, -0.05) is 26.0 Å². The predicted molar refractivity (Wildman–Crippen MR) is 99.1 cm³/mol. The Morgan fingerprint density at radius 1 is 1.19 bits per heavy atom. The van der Waals surface area contributed by atoms with E-state index in [1.807, 2.05) is 26.0 Å². The third-order valence-corrected chi connectivity index (χ3v) is 4.19. The Morgan fingerprint density at radius 3 is 2.62 bits per heavy atom. The van der Waals surface area contributed by atoms with Crippen LogP contribution < -0.4 is 4.90 Å². The van der Waals surface area contributed by atoms with Crippen LogP contribution in [0.4, 0.5) is 10.6 Å². The van der Waals surface area contributed by atoms with Gasteiger partial charge < -0.3 is 19.6 Å². The van der Waals surface area contributed by atoms with Crippen LogP contribution in [0.15, 0.2) is 36.5 Å². The fourth-order valence-electron chi connectivity index (χ4n) is 2.77. The highest BCUT2D eigenvalue weighted by molar-refractivity contribution is 5.68. The van der Waals surface area contributed by atoms with Crippen LogP contribution in [0.25, 0.3) is 11.4 Å². The number of phenolic OH excluding ortho intramolecular Hbond substituents is 1. The molecule has 7 heteroatoms. The van der Waals surface area contributed by atoms with Gasteiger partial charge in [0.05, 0.1) is 12.2 Å². The zero-order chi connectivity index (χ0) is 18.5. The zero-order valence-corrected chi connectivity index (χ0v) is 15.1. The lowest BCUT2D eigenvalue weighted by Gasteiger charge is -2.34. The predicted octanol–water partition coefficient (Wildman–Crippen LogP) is 2.76. The lowest BCUT2D eigenvalue weighted by molar-refractivity contribution is 0.0901. The quantitative estimate of drug-likeness (QED) is 0.907. The first kappa shape index (κ1) is 18.0. The molecule has 0 radical (unpaired) electrons. The molecule has 0 unspecified atom stereocenters. The van der Waals surface area contributed by atoms with E-state index in [1.165, 1.54) is 0 Å². The number of amides is 1. The van der Waals surface area contributed by atoms with E-state index in [0.29, 0.717) is 50.1 Å². The first-order valence-electron chi connectivity index (χ1n) is 8.82. The highest BCUT2D eigenvalue weighted by atomic mass is 16.6. The Morgan fingerprint density at radius 2 is 1.92 bits per heavy atom. The lowest BCUT2D eigenvalue weighted by atomic mass is 10.2. The van der Waals surface area contributed by atoms with Crippen molar-refractivity contribution in [2.45, 2.75) is 13.8 Å². The highest BCUT2D eigenvalue weighted by Gasteiger charge is 2.23. The second-order valence-electron chi connectivity index (χ2n) is 6.70. The summed E-state index contributed by atoms with van der Waals surface area (Å²) in [5, 5.41) is 10.00. The van der Waals surface area contributed by atoms with Crippen molar-refractivity contribution in [2.75, 3.05) is 37.7 Å². The molecule has 1 aliphatic heterocycles. The average Bonchev–Trinajstić information content (AvgIpc) is 2.66. The van der Waals surface area contributed by atoms with E-state index in [9.17, 15) is 9.90 Å². The SMILES string of the molecule is CC(C)COC(=O)N1CCN(c2ccnc(-c3ccccc3O)n2)CC1. The second kappa shape index (κ2) is 8.03. The number of anilines is 1. The molecule has 3 rings (SSSR count). The fourth-order valence-corrected chi connectivity index (χ4v) is 2.77. The van der Waals surface area contributed by atoms with Crippen LogP contribution >= 0.6 is 0 Å². The summed E-state index contributed by atoms with van der Waals surface area (Å²) in [5.74, 6) is 1.75. The number of carbonyl (C=O) groups is 1. The van der Waals surface area contributed by atoms with Crippen LogP contribution in [0, 0.1) is 5.92 Å². The third kappa shape index (κ3) is 4.22. The Balaban J connectivity index is 1.64. The largest absolute Gasteiger partial charge is 0.507 e. The summed E-state index contributed by atoms with van der Waals surface area (Å²) < 4.78 is 5.29. The molecule has 1 N–H and O–H groups in total. The highest BCUT2D eigenvalue weighted by Crippen LogP contribution is 2.27. The van der Waals surface area contributed by atoms with Gasteiger partial charge in [-0.25, -0.2) is 14.8 Å². The van der Waals surface area contributed by atoms with E-state index in [2.05, 4.69) is 14.9 Å². The molecule has 26 heavy (non-hydrogen) atoms. The summed E-state index contributed by atoms with van der Waals surface area (Å²) >= 11 is 0. The van der Waals surface area contributed by atoms with Gasteiger partial charge in [0.2, 0.25) is 0 Å². The van der Waals surface area contributed by atoms with Crippen molar-refractivity contribution in [3.05, 3.63) is 36.5 Å². The molecular weight excluding hydrogens is 332 g/mol. The molecule has 138 valence electrons. The third-order valence-electron chi connectivity index (χ3n) is 4.19. The maximum atomic E-state index is 12.1. The number of para-hydroxylation sites is 1. The van der Waals surface area contributed by atoms with Gasteiger partial charge in [-0.2, -0.15) is 0 Å². The number of phenols is 1. The summed E-state index contributed by atoms with van der Waals surface area (Å²) in [7, 11) is 0. The average molecular weight is 356 g/mol. The fraction of sp³-hybridized carbons (Fsp3) is 0.421. The van der Waals surface area contributed by atoms with Crippen LogP contribution in [0.3, 0.4) is 0 Å². The number of aromatic nitrogens is 2. The second-order valence-corrected chi connectivity index (χ2v) is 6.70. The Kier molecular flexibility index (Phi) is 5.55. The summed E-state index contributed by atoms with van der Waals surface area (Å²) in [5.41, 5.74) is 0.602. The van der Waals surface area contributed by atoms with Gasteiger partial charge in [0, 0.05) is 32.4 Å². The van der Waals surface area contributed by atoms with Gasteiger partial charge in [0.15, 0.2) is 5.82 Å². The Hall–Kier alpha value is -2.83. The molecule has 1 aromatic heterocycles. The molecule has 0 spiro atoms. The Bertz CT molecular complexity index is 758. The lowest BCUT2D eigenvalue weighted by Crippen LogP contribution is -2.49. The van der Waals surface area contributed by atoms with E-state index in [4.69, 9.17) is 4.74 Å². The summed E-state index contributed by atoms with van der Waals surface area (Å²) in [6.07, 6.45) is 1.43. The molecule has 1 aromatic carbocycles. The number of ether oxygens (including phenoxy) is 1. The van der Waals surface area contributed by atoms with E-state index in [-0.39, 0.29) is 11.8 Å². The van der Waals surface area contributed by atoms with Crippen LogP contribution in [0.1, 0.15) is 13.8 Å². The number of nitrogens with zero attached hydrogens (tertiary/aromatic N) is 4. The van der Waals surface area contributed by atoms with Gasteiger partial charge in [0.1, 0.15) is 11.6 Å². The smallest absolute Gasteiger partial charge is 0.409 e. The molecular formula is C19H24N4O3. The van der Waals surface area contributed by atoms with Crippen LogP contribution in [-0.2, 0) is 4.74 Å². The van der Waals surface area contributed by atoms with Crippen molar-refractivity contribution in [1.29, 1.82) is 0 Å². The number of benzene rings is 1. The summed E-state index contributed by atoms with van der Waals surface area (Å²) in [6, 6.07) is 8.85. The minimum Gasteiger partial charge on any atom is -0.507 e. The maximum absolute atomic E-state index is 12.1. The number of hydrogen-bond acceptors (Lipinski definition) is 6. The molecule has 1 aliphatic rings. The van der Waals surface area contributed by atoms with Gasteiger partial charge >= 0.3 is 6.09 Å². The van der Waals surface area contributed by atoms with Crippen molar-refractivity contribution in [3.63, 3.8) is 0 Å². The molecule has 2 heterocycles. The molecule has 0 aliphatic carbocycles. The molecule has 1 amide bonds. The molecule has 0 bridgehead atoms. The van der Waals surface area contributed by atoms with Crippen LogP contribution in [-0.4, -0.2) is 58.9 Å². The van der Waals surface area contributed by atoms with E-state index < -0.39 is 0 Å². The van der Waals surface area contributed by atoms with Crippen molar-refractivity contribution in [2.24, 2.45) is 5.92 Å². The summed E-state index contributed by atoms with van der Waals surface area (Å²) in [6.45, 7) is 7.00. The van der Waals surface area contributed by atoms with E-state index in [1.54, 1.807) is 29.3 Å².